The lowest BCUT2D eigenvalue weighted by Gasteiger charge is -2.01. The first-order chi connectivity index (χ1) is 8.33. The molecule has 0 saturated carbocycles. The molecule has 84 valence electrons. The summed E-state index contributed by atoms with van der Waals surface area (Å²) in [6.07, 6.45) is 0.786. The van der Waals surface area contributed by atoms with Gasteiger partial charge in [-0.25, -0.2) is 4.98 Å². The molecule has 0 fully saturated rings. The van der Waals surface area contributed by atoms with E-state index in [1.807, 2.05) is 42.5 Å². The number of rotatable bonds is 2. The van der Waals surface area contributed by atoms with Gasteiger partial charge in [-0.3, -0.25) is 0 Å². The molecule has 3 heteroatoms. The van der Waals surface area contributed by atoms with E-state index in [9.17, 15) is 0 Å². The number of nitrogens with one attached hydrogen (secondary N) is 1. The molecular formula is C14H12N2S. The Morgan fingerprint density at radius 3 is 2.59 bits per heavy atom. The monoisotopic (exact) mass is 240 g/mol. The summed E-state index contributed by atoms with van der Waals surface area (Å²) in [6.45, 7) is 0. The van der Waals surface area contributed by atoms with Gasteiger partial charge in [0.1, 0.15) is 5.82 Å². The molecule has 0 spiro atoms. The third-order valence-corrected chi connectivity index (χ3v) is 3.22. The van der Waals surface area contributed by atoms with Crippen molar-refractivity contribution in [1.82, 2.24) is 9.97 Å². The molecule has 0 radical (unpaired) electrons. The van der Waals surface area contributed by atoms with Crippen LogP contribution in [0.5, 0.6) is 0 Å². The van der Waals surface area contributed by atoms with Gasteiger partial charge in [-0.1, -0.05) is 30.3 Å². The van der Waals surface area contributed by atoms with Crippen LogP contribution in [-0.2, 0) is 6.42 Å². The molecule has 0 bridgehead atoms. The normalized spacial score (nSPS) is 10.9. The summed E-state index contributed by atoms with van der Waals surface area (Å²) in [6, 6.07) is 16.2. The fourth-order valence-corrected chi connectivity index (χ4v) is 2.17. The van der Waals surface area contributed by atoms with Crippen molar-refractivity contribution in [3.63, 3.8) is 0 Å². The molecular weight excluding hydrogens is 228 g/mol. The second kappa shape index (κ2) is 4.26. The molecule has 0 atom stereocenters. The smallest absolute Gasteiger partial charge is 0.111 e. The number of aromatic amines is 1. The summed E-state index contributed by atoms with van der Waals surface area (Å²) in [4.78, 5) is 8.89. The van der Waals surface area contributed by atoms with Gasteiger partial charge in [0.05, 0.1) is 11.0 Å². The van der Waals surface area contributed by atoms with Gasteiger partial charge in [0, 0.05) is 11.3 Å². The number of benzene rings is 2. The summed E-state index contributed by atoms with van der Waals surface area (Å²) >= 11 is 4.45. The number of hydrogen-bond donors (Lipinski definition) is 2. The topological polar surface area (TPSA) is 28.7 Å². The Kier molecular flexibility index (Phi) is 2.61. The fraction of sp³-hybridized carbons (Fsp3) is 0.0714. The summed E-state index contributed by atoms with van der Waals surface area (Å²) in [5.41, 5.74) is 3.29. The Hall–Kier alpha value is -1.74. The number of aromatic nitrogens is 2. The molecule has 0 saturated heterocycles. The minimum absolute atomic E-state index is 0.786. The summed E-state index contributed by atoms with van der Waals surface area (Å²) in [5.74, 6) is 0.979. The minimum Gasteiger partial charge on any atom is -0.342 e. The lowest BCUT2D eigenvalue weighted by molar-refractivity contribution is 1.01. The summed E-state index contributed by atoms with van der Waals surface area (Å²) < 4.78 is 0. The first kappa shape index (κ1) is 10.4. The number of imidazole rings is 1. The third kappa shape index (κ3) is 2.06. The van der Waals surface area contributed by atoms with Gasteiger partial charge in [0.25, 0.3) is 0 Å². The summed E-state index contributed by atoms with van der Waals surface area (Å²) in [5, 5.41) is 0. The first-order valence-electron chi connectivity index (χ1n) is 5.53. The molecule has 0 aliphatic rings. The van der Waals surface area contributed by atoms with Crippen LogP contribution in [-0.4, -0.2) is 9.97 Å². The Bertz CT molecular complexity index is 625. The molecule has 1 heterocycles. The van der Waals surface area contributed by atoms with Crippen molar-refractivity contribution in [2.45, 2.75) is 11.3 Å². The molecule has 0 aliphatic carbocycles. The maximum Gasteiger partial charge on any atom is 0.111 e. The Labute approximate surface area is 105 Å². The van der Waals surface area contributed by atoms with E-state index in [1.165, 1.54) is 5.56 Å². The second-order valence-electron chi connectivity index (χ2n) is 4.01. The van der Waals surface area contributed by atoms with E-state index < -0.39 is 0 Å². The van der Waals surface area contributed by atoms with Crippen LogP contribution in [0.4, 0.5) is 0 Å². The predicted molar refractivity (Wildman–Crippen MR) is 72.6 cm³/mol. The van der Waals surface area contributed by atoms with Crippen LogP contribution in [0.1, 0.15) is 11.4 Å². The molecule has 2 nitrogen and oxygen atoms in total. The van der Waals surface area contributed by atoms with Crippen LogP contribution in [0.3, 0.4) is 0 Å². The van der Waals surface area contributed by atoms with Gasteiger partial charge in [-0.05, 0) is 23.8 Å². The van der Waals surface area contributed by atoms with E-state index in [-0.39, 0.29) is 0 Å². The second-order valence-corrected chi connectivity index (χ2v) is 4.49. The number of fused-ring (bicyclic) bond motifs is 1. The fourth-order valence-electron chi connectivity index (χ4n) is 1.93. The zero-order valence-corrected chi connectivity index (χ0v) is 10.1. The first-order valence-corrected chi connectivity index (χ1v) is 5.98. The van der Waals surface area contributed by atoms with Gasteiger partial charge >= 0.3 is 0 Å². The summed E-state index contributed by atoms with van der Waals surface area (Å²) in [7, 11) is 0. The molecule has 1 N–H and O–H groups in total. The van der Waals surface area contributed by atoms with Gasteiger partial charge in [-0.15, -0.1) is 12.6 Å². The standard InChI is InChI=1S/C14H12N2S/c17-13-8-4-1-5-10(13)9-14-15-11-6-2-3-7-12(11)16-14/h1-8,17H,9H2,(H,15,16). The Balaban J connectivity index is 1.98. The van der Waals surface area contributed by atoms with Crippen LogP contribution in [0, 0.1) is 0 Å². The highest BCUT2D eigenvalue weighted by atomic mass is 32.1. The average molecular weight is 240 g/mol. The highest BCUT2D eigenvalue weighted by molar-refractivity contribution is 7.80. The van der Waals surface area contributed by atoms with Crippen LogP contribution in [0.25, 0.3) is 11.0 Å². The van der Waals surface area contributed by atoms with Crippen LogP contribution >= 0.6 is 12.6 Å². The van der Waals surface area contributed by atoms with Gasteiger partial charge in [0.2, 0.25) is 0 Å². The van der Waals surface area contributed by atoms with Gasteiger partial charge in [-0.2, -0.15) is 0 Å². The van der Waals surface area contributed by atoms with E-state index in [1.54, 1.807) is 0 Å². The van der Waals surface area contributed by atoms with Gasteiger partial charge in [0.15, 0.2) is 0 Å². The highest BCUT2D eigenvalue weighted by Crippen LogP contribution is 2.18. The molecule has 0 unspecified atom stereocenters. The Morgan fingerprint density at radius 2 is 1.76 bits per heavy atom. The zero-order chi connectivity index (χ0) is 11.7. The minimum atomic E-state index is 0.786. The van der Waals surface area contributed by atoms with Crippen LogP contribution in [0.15, 0.2) is 53.4 Å². The van der Waals surface area contributed by atoms with Crippen molar-refractivity contribution in [3.8, 4) is 0 Å². The maximum absolute atomic E-state index is 4.56. The zero-order valence-electron chi connectivity index (χ0n) is 9.22. The van der Waals surface area contributed by atoms with Crippen molar-refractivity contribution in [3.05, 3.63) is 59.9 Å². The molecule has 2 aromatic carbocycles. The number of H-pyrrole nitrogens is 1. The van der Waals surface area contributed by atoms with E-state index in [0.717, 1.165) is 28.2 Å². The van der Waals surface area contributed by atoms with Crippen molar-refractivity contribution >= 4 is 23.7 Å². The SMILES string of the molecule is Sc1ccccc1Cc1nc2ccccc2[nH]1. The molecule has 0 aliphatic heterocycles. The predicted octanol–water partition coefficient (Wildman–Crippen LogP) is 3.44. The molecule has 3 aromatic rings. The van der Waals surface area contributed by atoms with Crippen molar-refractivity contribution in [1.29, 1.82) is 0 Å². The molecule has 0 amide bonds. The maximum atomic E-state index is 4.56. The van der Waals surface area contributed by atoms with Crippen molar-refractivity contribution in [2.24, 2.45) is 0 Å². The van der Waals surface area contributed by atoms with E-state index in [0.29, 0.717) is 0 Å². The average Bonchev–Trinajstić information content (AvgIpc) is 2.74. The number of nitrogens with zero attached hydrogens (tertiary/aromatic N) is 1. The quantitative estimate of drug-likeness (QED) is 0.660. The lowest BCUT2D eigenvalue weighted by atomic mass is 10.1. The Morgan fingerprint density at radius 1 is 1.00 bits per heavy atom. The van der Waals surface area contributed by atoms with Gasteiger partial charge < -0.3 is 4.98 Å². The van der Waals surface area contributed by atoms with Crippen LogP contribution < -0.4 is 0 Å². The third-order valence-electron chi connectivity index (χ3n) is 2.79. The largest absolute Gasteiger partial charge is 0.342 e. The molecule has 17 heavy (non-hydrogen) atoms. The lowest BCUT2D eigenvalue weighted by Crippen LogP contribution is -1.91. The molecule has 1 aromatic heterocycles. The molecule has 3 rings (SSSR count). The van der Waals surface area contributed by atoms with Crippen molar-refractivity contribution < 1.29 is 0 Å². The van der Waals surface area contributed by atoms with E-state index in [2.05, 4.69) is 28.7 Å². The van der Waals surface area contributed by atoms with Crippen LogP contribution in [0.2, 0.25) is 0 Å². The number of para-hydroxylation sites is 2. The number of hydrogen-bond acceptors (Lipinski definition) is 2. The van der Waals surface area contributed by atoms with Crippen molar-refractivity contribution in [2.75, 3.05) is 0 Å². The van der Waals surface area contributed by atoms with E-state index >= 15 is 0 Å². The van der Waals surface area contributed by atoms with E-state index in [4.69, 9.17) is 0 Å². The highest BCUT2D eigenvalue weighted by Gasteiger charge is 2.04. The number of thiol groups is 1.